The van der Waals surface area contributed by atoms with Gasteiger partial charge < -0.3 is 9.47 Å². The molecule has 1 fully saturated rings. The highest BCUT2D eigenvalue weighted by atomic mass is 35.7. The van der Waals surface area contributed by atoms with Crippen LogP contribution in [0.25, 0.3) is 0 Å². The summed E-state index contributed by atoms with van der Waals surface area (Å²) >= 11 is 0. The summed E-state index contributed by atoms with van der Waals surface area (Å²) in [6.45, 7) is 0.779. The second-order valence-corrected chi connectivity index (χ2v) is 6.99. The first-order valence-electron chi connectivity index (χ1n) is 6.06. The largest absolute Gasteiger partial charge is 0.488 e. The fourth-order valence-corrected chi connectivity index (χ4v) is 2.74. The van der Waals surface area contributed by atoms with Crippen LogP contribution in [-0.4, -0.2) is 27.7 Å². The number of halogens is 3. The molecule has 0 saturated carbocycles. The lowest BCUT2D eigenvalue weighted by Gasteiger charge is -2.12. The van der Waals surface area contributed by atoms with Gasteiger partial charge in [-0.05, 0) is 25.0 Å². The lowest BCUT2D eigenvalue weighted by atomic mass is 10.2. The van der Waals surface area contributed by atoms with Crippen molar-refractivity contribution in [3.05, 3.63) is 23.8 Å². The molecule has 0 amide bonds. The molecule has 1 aromatic carbocycles. The number of benzene rings is 1. The Bertz CT molecular complexity index is 562. The first-order valence-corrected chi connectivity index (χ1v) is 8.37. The van der Waals surface area contributed by atoms with Gasteiger partial charge in [-0.25, -0.2) is 17.2 Å². The minimum absolute atomic E-state index is 0.0450. The van der Waals surface area contributed by atoms with Crippen molar-refractivity contribution < 1.29 is 26.7 Å². The Labute approximate surface area is 120 Å². The van der Waals surface area contributed by atoms with E-state index < -0.39 is 31.3 Å². The second kappa shape index (κ2) is 6.24. The summed E-state index contributed by atoms with van der Waals surface area (Å²) in [4.78, 5) is -0.638. The fraction of sp³-hybridized carbons (Fsp3) is 0.500. The van der Waals surface area contributed by atoms with Crippen molar-refractivity contribution in [3.63, 3.8) is 0 Å². The van der Waals surface area contributed by atoms with Gasteiger partial charge in [-0.3, -0.25) is 0 Å². The Morgan fingerprint density at radius 3 is 2.50 bits per heavy atom. The summed E-state index contributed by atoms with van der Waals surface area (Å²) in [6.07, 6.45) is 2.44. The fourth-order valence-electron chi connectivity index (χ4n) is 1.98. The molecule has 1 unspecified atom stereocenters. The molecule has 1 saturated heterocycles. The molecule has 0 N–H and O–H groups in total. The van der Waals surface area contributed by atoms with Gasteiger partial charge in [0, 0.05) is 23.7 Å². The molecule has 1 aliphatic rings. The van der Waals surface area contributed by atoms with E-state index in [9.17, 15) is 17.2 Å². The van der Waals surface area contributed by atoms with Gasteiger partial charge in [-0.1, -0.05) is 0 Å². The third-order valence-electron chi connectivity index (χ3n) is 2.96. The molecule has 1 aromatic rings. The van der Waals surface area contributed by atoms with Crippen LogP contribution in [0.2, 0.25) is 0 Å². The van der Waals surface area contributed by atoms with E-state index in [-0.39, 0.29) is 12.7 Å². The van der Waals surface area contributed by atoms with Gasteiger partial charge in [0.2, 0.25) is 0 Å². The summed E-state index contributed by atoms with van der Waals surface area (Å²) in [5.74, 6) is -2.81. The molecule has 0 spiro atoms. The zero-order valence-electron chi connectivity index (χ0n) is 10.4. The van der Waals surface area contributed by atoms with Crippen LogP contribution in [0.1, 0.15) is 19.3 Å². The average Bonchev–Trinajstić information content (AvgIpc) is 2.84. The minimum Gasteiger partial charge on any atom is -0.488 e. The van der Waals surface area contributed by atoms with Gasteiger partial charge in [0.15, 0.2) is 17.4 Å². The maximum Gasteiger partial charge on any atom is 0.261 e. The molecular weight excluding hydrogens is 314 g/mol. The predicted molar refractivity (Wildman–Crippen MR) is 68.5 cm³/mol. The SMILES string of the molecule is O=S(=O)(Cl)c1cc(F)c(OCCC2CCCO2)c(F)c1. The third kappa shape index (κ3) is 3.80. The Morgan fingerprint density at radius 1 is 1.35 bits per heavy atom. The molecule has 2 rings (SSSR count). The van der Waals surface area contributed by atoms with Crippen molar-refractivity contribution in [2.75, 3.05) is 13.2 Å². The van der Waals surface area contributed by atoms with Gasteiger partial charge >= 0.3 is 0 Å². The van der Waals surface area contributed by atoms with Gasteiger partial charge in [-0.2, -0.15) is 0 Å². The maximum absolute atomic E-state index is 13.6. The third-order valence-corrected chi connectivity index (χ3v) is 4.30. The lowest BCUT2D eigenvalue weighted by Crippen LogP contribution is -2.12. The number of hydrogen-bond donors (Lipinski definition) is 0. The summed E-state index contributed by atoms with van der Waals surface area (Å²) < 4.78 is 59.6. The molecule has 0 aromatic heterocycles. The standard InChI is InChI=1S/C12H13ClF2O4S/c13-20(16,17)9-6-10(14)12(11(15)7-9)19-5-3-8-2-1-4-18-8/h6-8H,1-5H2. The number of ether oxygens (including phenoxy) is 2. The van der Waals surface area contributed by atoms with Crippen LogP contribution < -0.4 is 4.74 Å². The number of hydrogen-bond acceptors (Lipinski definition) is 4. The monoisotopic (exact) mass is 326 g/mol. The van der Waals surface area contributed by atoms with Gasteiger partial charge in [-0.15, -0.1) is 0 Å². The van der Waals surface area contributed by atoms with Crippen LogP contribution >= 0.6 is 10.7 Å². The van der Waals surface area contributed by atoms with Crippen molar-refractivity contribution in [1.82, 2.24) is 0 Å². The van der Waals surface area contributed by atoms with Crippen molar-refractivity contribution in [2.24, 2.45) is 0 Å². The normalized spacial score (nSPS) is 19.2. The number of rotatable bonds is 5. The summed E-state index contributed by atoms with van der Waals surface area (Å²) in [5.41, 5.74) is 0. The average molecular weight is 327 g/mol. The zero-order valence-corrected chi connectivity index (χ0v) is 12.0. The molecule has 4 nitrogen and oxygen atoms in total. The van der Waals surface area contributed by atoms with E-state index in [2.05, 4.69) is 0 Å². The van der Waals surface area contributed by atoms with Crippen molar-refractivity contribution in [3.8, 4) is 5.75 Å². The van der Waals surface area contributed by atoms with E-state index in [4.69, 9.17) is 20.2 Å². The molecule has 0 radical (unpaired) electrons. The maximum atomic E-state index is 13.6. The lowest BCUT2D eigenvalue weighted by molar-refractivity contribution is 0.0890. The highest BCUT2D eigenvalue weighted by molar-refractivity contribution is 8.13. The smallest absolute Gasteiger partial charge is 0.261 e. The van der Waals surface area contributed by atoms with Crippen LogP contribution in [0, 0.1) is 11.6 Å². The van der Waals surface area contributed by atoms with E-state index in [1.165, 1.54) is 0 Å². The van der Waals surface area contributed by atoms with E-state index in [1.807, 2.05) is 0 Å². The first kappa shape index (κ1) is 15.5. The Balaban J connectivity index is 2.04. The highest BCUT2D eigenvalue weighted by Gasteiger charge is 2.20. The van der Waals surface area contributed by atoms with Gasteiger partial charge in [0.1, 0.15) is 0 Å². The summed E-state index contributed by atoms with van der Waals surface area (Å²) in [6, 6.07) is 1.26. The highest BCUT2D eigenvalue weighted by Crippen LogP contribution is 2.27. The van der Waals surface area contributed by atoms with E-state index in [1.54, 1.807) is 0 Å². The molecule has 0 aliphatic carbocycles. The predicted octanol–water partition coefficient (Wildman–Crippen LogP) is 2.84. The zero-order chi connectivity index (χ0) is 14.8. The molecular formula is C12H13ClF2O4S. The Hall–Kier alpha value is -0.920. The van der Waals surface area contributed by atoms with Crippen LogP contribution in [0.5, 0.6) is 5.75 Å². The van der Waals surface area contributed by atoms with Crippen LogP contribution in [-0.2, 0) is 13.8 Å². The molecule has 8 heteroatoms. The molecule has 1 aliphatic heterocycles. The molecule has 1 atom stereocenters. The molecule has 0 bridgehead atoms. The summed E-state index contributed by atoms with van der Waals surface area (Å²) in [5, 5.41) is 0. The Morgan fingerprint density at radius 2 is 2.00 bits per heavy atom. The van der Waals surface area contributed by atoms with Crippen LogP contribution in [0.15, 0.2) is 17.0 Å². The van der Waals surface area contributed by atoms with Crippen LogP contribution in [0.3, 0.4) is 0 Å². The van der Waals surface area contributed by atoms with Crippen molar-refractivity contribution in [1.29, 1.82) is 0 Å². The Kier molecular flexibility index (Phi) is 4.82. The van der Waals surface area contributed by atoms with Crippen molar-refractivity contribution >= 4 is 19.7 Å². The molecule has 112 valence electrons. The first-order chi connectivity index (χ1) is 9.38. The van der Waals surface area contributed by atoms with Crippen LogP contribution in [0.4, 0.5) is 8.78 Å². The van der Waals surface area contributed by atoms with E-state index >= 15 is 0 Å². The second-order valence-electron chi connectivity index (χ2n) is 4.43. The van der Waals surface area contributed by atoms with E-state index in [0.29, 0.717) is 25.2 Å². The minimum atomic E-state index is -4.18. The van der Waals surface area contributed by atoms with Crippen molar-refractivity contribution in [2.45, 2.75) is 30.3 Å². The molecule has 1 heterocycles. The summed E-state index contributed by atoms with van der Waals surface area (Å²) in [7, 11) is 0.845. The van der Waals surface area contributed by atoms with E-state index in [0.717, 1.165) is 12.8 Å². The van der Waals surface area contributed by atoms with Gasteiger partial charge in [0.05, 0.1) is 17.6 Å². The molecule has 20 heavy (non-hydrogen) atoms. The quantitative estimate of drug-likeness (QED) is 0.781. The van der Waals surface area contributed by atoms with Gasteiger partial charge in [0.25, 0.3) is 9.05 Å². The topological polar surface area (TPSA) is 52.6 Å².